The van der Waals surface area contributed by atoms with Crippen LogP contribution in [0.1, 0.15) is 12.5 Å². The van der Waals surface area contributed by atoms with Gasteiger partial charge in [0, 0.05) is 0 Å². The summed E-state index contributed by atoms with van der Waals surface area (Å²) in [5.74, 6) is -1.13. The van der Waals surface area contributed by atoms with Crippen LogP contribution < -0.4 is 9.47 Å². The quantitative estimate of drug-likeness (QED) is 0.623. The number of ether oxygens (including phenoxy) is 3. The minimum atomic E-state index is -1.02. The van der Waals surface area contributed by atoms with E-state index in [4.69, 9.17) is 9.47 Å². The Morgan fingerprint density at radius 2 is 1.76 bits per heavy atom. The third-order valence-electron chi connectivity index (χ3n) is 3.55. The van der Waals surface area contributed by atoms with Crippen molar-refractivity contribution in [2.24, 2.45) is 0 Å². The van der Waals surface area contributed by atoms with E-state index in [1.54, 1.807) is 0 Å². The molecule has 1 aliphatic rings. The van der Waals surface area contributed by atoms with Gasteiger partial charge >= 0.3 is 5.97 Å². The summed E-state index contributed by atoms with van der Waals surface area (Å²) in [6.45, 7) is 1.41. The number of aromatic hydroxyl groups is 1. The Hall–Kier alpha value is -2.68. The number of hydrogen-bond donors (Lipinski definition) is 1. The van der Waals surface area contributed by atoms with Crippen molar-refractivity contribution >= 4 is 35.0 Å². The molecule has 0 saturated carbocycles. The van der Waals surface area contributed by atoms with Crippen molar-refractivity contribution in [2.75, 3.05) is 21.3 Å². The molecule has 1 unspecified atom stereocenters. The fourth-order valence-corrected chi connectivity index (χ4v) is 3.15. The molecule has 25 heavy (non-hydrogen) atoms. The molecule has 1 fully saturated rings. The lowest BCUT2D eigenvalue weighted by atomic mass is 10.1. The van der Waals surface area contributed by atoms with Crippen LogP contribution in [0.5, 0.6) is 17.2 Å². The average molecular weight is 367 g/mol. The predicted molar refractivity (Wildman–Crippen MR) is 90.5 cm³/mol. The first-order valence-electron chi connectivity index (χ1n) is 7.13. The van der Waals surface area contributed by atoms with Crippen molar-refractivity contribution in [2.45, 2.75) is 13.0 Å². The standard InChI is InChI=1S/C16H17NO7S/c1-8(15(20)24-4)17-14(19)12(25-16(17)21)7-9-5-10(22-2)13(18)11(6-9)23-3/h5-8,18H,1-4H3. The van der Waals surface area contributed by atoms with Crippen LogP contribution in [-0.4, -0.2) is 54.5 Å². The molecule has 2 rings (SSSR count). The molecule has 134 valence electrons. The molecule has 1 N–H and O–H groups in total. The van der Waals surface area contributed by atoms with Crippen LogP contribution in [0.15, 0.2) is 17.0 Å². The van der Waals surface area contributed by atoms with Crippen molar-refractivity contribution < 1.29 is 33.7 Å². The highest BCUT2D eigenvalue weighted by atomic mass is 32.2. The molecule has 0 aromatic heterocycles. The van der Waals surface area contributed by atoms with Crippen molar-refractivity contribution in [3.8, 4) is 17.2 Å². The SMILES string of the molecule is COC(=O)C(C)N1C(=O)SC(=Cc2cc(OC)c(O)c(OC)c2)C1=O. The second kappa shape index (κ2) is 7.47. The Bertz CT molecular complexity index is 734. The first-order chi connectivity index (χ1) is 11.8. The van der Waals surface area contributed by atoms with E-state index in [1.807, 2.05) is 0 Å². The van der Waals surface area contributed by atoms with E-state index in [0.29, 0.717) is 17.3 Å². The van der Waals surface area contributed by atoms with Gasteiger partial charge in [-0.05, 0) is 42.5 Å². The fourth-order valence-electron chi connectivity index (χ4n) is 2.24. The third-order valence-corrected chi connectivity index (χ3v) is 4.44. The zero-order chi connectivity index (χ0) is 18.7. The van der Waals surface area contributed by atoms with Gasteiger partial charge in [-0.2, -0.15) is 0 Å². The van der Waals surface area contributed by atoms with Gasteiger partial charge in [0.05, 0.1) is 26.2 Å². The molecule has 1 heterocycles. The van der Waals surface area contributed by atoms with E-state index in [9.17, 15) is 19.5 Å². The number of esters is 1. The summed E-state index contributed by atoms with van der Waals surface area (Å²) in [7, 11) is 3.94. The molecule has 0 spiro atoms. The van der Waals surface area contributed by atoms with Crippen LogP contribution in [0, 0.1) is 0 Å². The first kappa shape index (κ1) is 18.7. The number of methoxy groups -OCH3 is 3. The van der Waals surface area contributed by atoms with Gasteiger partial charge in [-0.15, -0.1) is 0 Å². The summed E-state index contributed by atoms with van der Waals surface area (Å²) in [6, 6.07) is 1.97. The number of nitrogens with zero attached hydrogens (tertiary/aromatic N) is 1. The van der Waals surface area contributed by atoms with Crippen LogP contribution in [0.2, 0.25) is 0 Å². The summed E-state index contributed by atoms with van der Waals surface area (Å²) < 4.78 is 14.7. The predicted octanol–water partition coefficient (Wildman–Crippen LogP) is 2.01. The number of carbonyl (C=O) groups excluding carboxylic acids is 3. The Morgan fingerprint density at radius 3 is 2.24 bits per heavy atom. The molecule has 9 heteroatoms. The summed E-state index contributed by atoms with van der Waals surface area (Å²) in [6.07, 6.45) is 1.46. The van der Waals surface area contributed by atoms with Crippen LogP contribution in [0.25, 0.3) is 6.08 Å². The number of thioether (sulfide) groups is 1. The van der Waals surface area contributed by atoms with Crippen LogP contribution in [0.3, 0.4) is 0 Å². The Balaban J connectivity index is 2.38. The van der Waals surface area contributed by atoms with Crippen molar-refractivity contribution in [3.63, 3.8) is 0 Å². The highest BCUT2D eigenvalue weighted by Crippen LogP contribution is 2.39. The monoisotopic (exact) mass is 367 g/mol. The molecule has 0 radical (unpaired) electrons. The maximum absolute atomic E-state index is 12.5. The van der Waals surface area contributed by atoms with Gasteiger partial charge in [0.1, 0.15) is 6.04 Å². The largest absolute Gasteiger partial charge is 0.502 e. The zero-order valence-corrected chi connectivity index (χ0v) is 14.9. The smallest absolute Gasteiger partial charge is 0.328 e. The Kier molecular flexibility index (Phi) is 5.58. The van der Waals surface area contributed by atoms with Crippen LogP contribution >= 0.6 is 11.8 Å². The number of phenolic OH excluding ortho intramolecular Hbond substituents is 1. The topological polar surface area (TPSA) is 102 Å². The third kappa shape index (κ3) is 3.55. The van der Waals surface area contributed by atoms with Gasteiger partial charge in [0.25, 0.3) is 11.1 Å². The Labute approximate surface area is 148 Å². The number of benzene rings is 1. The minimum Gasteiger partial charge on any atom is -0.502 e. The normalized spacial score (nSPS) is 17.0. The molecule has 1 aromatic rings. The zero-order valence-electron chi connectivity index (χ0n) is 14.1. The van der Waals surface area contributed by atoms with Gasteiger partial charge in [-0.1, -0.05) is 0 Å². The van der Waals surface area contributed by atoms with Crippen molar-refractivity contribution in [1.29, 1.82) is 0 Å². The van der Waals surface area contributed by atoms with E-state index in [0.717, 1.165) is 4.90 Å². The van der Waals surface area contributed by atoms with E-state index in [1.165, 1.54) is 46.5 Å². The lowest BCUT2D eigenvalue weighted by Crippen LogP contribution is -2.42. The number of hydrogen-bond acceptors (Lipinski definition) is 8. The average Bonchev–Trinajstić information content (AvgIpc) is 2.88. The number of rotatable bonds is 5. The molecule has 1 atom stereocenters. The lowest BCUT2D eigenvalue weighted by molar-refractivity contribution is -0.148. The molecule has 1 aromatic carbocycles. The summed E-state index contributed by atoms with van der Waals surface area (Å²) >= 11 is 0.711. The summed E-state index contributed by atoms with van der Waals surface area (Å²) in [5, 5.41) is 9.35. The van der Waals surface area contributed by atoms with Crippen molar-refractivity contribution in [3.05, 3.63) is 22.6 Å². The highest BCUT2D eigenvalue weighted by Gasteiger charge is 2.41. The van der Waals surface area contributed by atoms with Gasteiger partial charge in [-0.25, -0.2) is 4.79 Å². The maximum Gasteiger partial charge on any atom is 0.328 e. The van der Waals surface area contributed by atoms with E-state index in [2.05, 4.69) is 4.74 Å². The molecular formula is C16H17NO7S. The molecular weight excluding hydrogens is 350 g/mol. The maximum atomic E-state index is 12.5. The number of imide groups is 1. The van der Waals surface area contributed by atoms with Crippen LogP contribution in [0.4, 0.5) is 4.79 Å². The highest BCUT2D eigenvalue weighted by molar-refractivity contribution is 8.18. The molecule has 1 saturated heterocycles. The fraction of sp³-hybridized carbons (Fsp3) is 0.312. The molecule has 0 bridgehead atoms. The lowest BCUT2D eigenvalue weighted by Gasteiger charge is -2.18. The summed E-state index contributed by atoms with van der Waals surface area (Å²) in [4.78, 5) is 37.1. The van der Waals surface area contributed by atoms with Gasteiger partial charge in [0.15, 0.2) is 11.5 Å². The van der Waals surface area contributed by atoms with Gasteiger partial charge in [-0.3, -0.25) is 14.5 Å². The number of phenols is 1. The van der Waals surface area contributed by atoms with E-state index in [-0.39, 0.29) is 22.2 Å². The van der Waals surface area contributed by atoms with Crippen LogP contribution in [-0.2, 0) is 14.3 Å². The first-order valence-corrected chi connectivity index (χ1v) is 7.95. The molecule has 0 aliphatic carbocycles. The van der Waals surface area contributed by atoms with Gasteiger partial charge < -0.3 is 19.3 Å². The van der Waals surface area contributed by atoms with Crippen molar-refractivity contribution in [1.82, 2.24) is 4.90 Å². The van der Waals surface area contributed by atoms with E-state index >= 15 is 0 Å². The summed E-state index contributed by atoms with van der Waals surface area (Å²) in [5.41, 5.74) is 0.489. The molecule has 2 amide bonds. The minimum absolute atomic E-state index is 0.135. The second-order valence-corrected chi connectivity index (χ2v) is 6.02. The number of amides is 2. The van der Waals surface area contributed by atoms with Gasteiger partial charge in [0.2, 0.25) is 5.75 Å². The van der Waals surface area contributed by atoms with E-state index < -0.39 is 23.2 Å². The second-order valence-electron chi connectivity index (χ2n) is 5.02. The Morgan fingerprint density at radius 1 is 1.20 bits per heavy atom. The number of carbonyl (C=O) groups is 3. The molecule has 1 aliphatic heterocycles. The molecule has 8 nitrogen and oxygen atoms in total.